The van der Waals surface area contributed by atoms with Gasteiger partial charge in [-0.3, -0.25) is 0 Å². The summed E-state index contributed by atoms with van der Waals surface area (Å²) in [5.74, 6) is 1.18. The summed E-state index contributed by atoms with van der Waals surface area (Å²) in [6.07, 6.45) is 0.308. The van der Waals surface area contributed by atoms with Crippen LogP contribution in [0.25, 0.3) is 11.4 Å². The van der Waals surface area contributed by atoms with Crippen molar-refractivity contribution in [2.75, 3.05) is 6.54 Å². The molecule has 3 heterocycles. The lowest BCUT2D eigenvalue weighted by Gasteiger charge is -2.01. The highest BCUT2D eigenvalue weighted by atomic mass is 32.1. The quantitative estimate of drug-likeness (QED) is 0.846. The summed E-state index contributed by atoms with van der Waals surface area (Å²) < 4.78 is 5.25. The number of aromatic nitrogens is 2. The first kappa shape index (κ1) is 10.9. The number of aliphatic hydroxyl groups excluding tert-OH is 1. The van der Waals surface area contributed by atoms with Gasteiger partial charge in [0.05, 0.1) is 12.1 Å². The Balaban J connectivity index is 1.86. The van der Waals surface area contributed by atoms with Gasteiger partial charge in [0.15, 0.2) is 0 Å². The molecule has 6 heteroatoms. The summed E-state index contributed by atoms with van der Waals surface area (Å²) in [5, 5.41) is 20.7. The molecule has 0 amide bonds. The van der Waals surface area contributed by atoms with Gasteiger partial charge in [0, 0.05) is 17.5 Å². The van der Waals surface area contributed by atoms with E-state index in [1.165, 1.54) is 0 Å². The Hall–Kier alpha value is -1.24. The van der Waals surface area contributed by atoms with Gasteiger partial charge in [0.2, 0.25) is 11.7 Å². The summed E-state index contributed by atoms with van der Waals surface area (Å²) in [6, 6.07) is -0.0230. The minimum Gasteiger partial charge on any atom is -0.392 e. The topological polar surface area (TPSA) is 71.2 Å². The van der Waals surface area contributed by atoms with Crippen molar-refractivity contribution >= 4 is 11.3 Å². The van der Waals surface area contributed by atoms with Gasteiger partial charge in [-0.25, -0.2) is 0 Å². The third kappa shape index (κ3) is 1.99. The van der Waals surface area contributed by atoms with E-state index in [1.54, 1.807) is 11.3 Å². The molecule has 0 aliphatic carbocycles. The molecule has 0 radical (unpaired) electrons. The molecule has 0 saturated carbocycles. The van der Waals surface area contributed by atoms with Crippen LogP contribution >= 0.6 is 11.3 Å². The maximum absolute atomic E-state index is 9.45. The van der Waals surface area contributed by atoms with Crippen LogP contribution in [-0.2, 0) is 0 Å². The van der Waals surface area contributed by atoms with Crippen LogP contribution < -0.4 is 5.32 Å². The highest BCUT2D eigenvalue weighted by Crippen LogP contribution is 2.27. The Morgan fingerprint density at radius 2 is 2.41 bits per heavy atom. The zero-order valence-electron chi connectivity index (χ0n) is 9.38. The van der Waals surface area contributed by atoms with Crippen LogP contribution in [-0.4, -0.2) is 27.9 Å². The average molecular weight is 251 g/mol. The second-order valence-corrected chi connectivity index (χ2v) is 5.02. The number of aryl methyl sites for hydroxylation is 1. The summed E-state index contributed by atoms with van der Waals surface area (Å²) in [7, 11) is 0. The van der Waals surface area contributed by atoms with E-state index in [1.807, 2.05) is 12.3 Å². The summed E-state index contributed by atoms with van der Waals surface area (Å²) in [6.45, 7) is 2.61. The third-order valence-electron chi connectivity index (χ3n) is 2.94. The number of thiophene rings is 1. The fourth-order valence-corrected chi connectivity index (χ4v) is 2.81. The monoisotopic (exact) mass is 251 g/mol. The van der Waals surface area contributed by atoms with Crippen molar-refractivity contribution in [1.82, 2.24) is 15.5 Å². The Labute approximate surface area is 102 Å². The summed E-state index contributed by atoms with van der Waals surface area (Å²) in [5.41, 5.74) is 2.17. The van der Waals surface area contributed by atoms with Gasteiger partial charge in [-0.05, 0) is 24.3 Å². The fraction of sp³-hybridized carbons (Fsp3) is 0.455. The van der Waals surface area contributed by atoms with E-state index >= 15 is 0 Å². The largest absolute Gasteiger partial charge is 0.392 e. The smallest absolute Gasteiger partial charge is 0.244 e. The van der Waals surface area contributed by atoms with Crippen molar-refractivity contribution in [3.05, 3.63) is 22.2 Å². The number of hydrogen-bond donors (Lipinski definition) is 2. The zero-order chi connectivity index (χ0) is 11.8. The molecule has 3 rings (SSSR count). The van der Waals surface area contributed by atoms with Crippen LogP contribution in [0, 0.1) is 6.92 Å². The van der Waals surface area contributed by atoms with E-state index in [0.717, 1.165) is 11.1 Å². The molecule has 1 fully saturated rings. The molecule has 2 atom stereocenters. The SMILES string of the molecule is Cc1cscc1-c1noc([C@@H]2C[C@@H](O)CN2)n1. The molecular formula is C11H13N3O2S. The highest BCUT2D eigenvalue weighted by molar-refractivity contribution is 7.08. The number of β-amino-alcohol motifs (C(OH)–C–C–N with tert-alkyl or cyclic N) is 1. The molecular weight excluding hydrogens is 238 g/mol. The molecule has 5 nitrogen and oxygen atoms in total. The van der Waals surface area contributed by atoms with Crippen molar-refractivity contribution in [2.24, 2.45) is 0 Å². The van der Waals surface area contributed by atoms with E-state index in [0.29, 0.717) is 24.7 Å². The van der Waals surface area contributed by atoms with Crippen molar-refractivity contribution in [3.63, 3.8) is 0 Å². The van der Waals surface area contributed by atoms with Crippen molar-refractivity contribution in [2.45, 2.75) is 25.5 Å². The van der Waals surface area contributed by atoms with Gasteiger partial charge in [-0.2, -0.15) is 16.3 Å². The Kier molecular flexibility index (Phi) is 2.70. The lowest BCUT2D eigenvalue weighted by Crippen LogP contribution is -2.15. The predicted molar refractivity (Wildman–Crippen MR) is 63.7 cm³/mol. The zero-order valence-corrected chi connectivity index (χ0v) is 10.2. The number of rotatable bonds is 2. The van der Waals surface area contributed by atoms with Gasteiger partial charge in [-0.1, -0.05) is 5.16 Å². The van der Waals surface area contributed by atoms with Gasteiger partial charge in [0.25, 0.3) is 0 Å². The lowest BCUT2D eigenvalue weighted by molar-refractivity contribution is 0.191. The van der Waals surface area contributed by atoms with E-state index in [4.69, 9.17) is 4.52 Å². The normalized spacial score (nSPS) is 24.4. The van der Waals surface area contributed by atoms with E-state index in [-0.39, 0.29) is 12.1 Å². The predicted octanol–water partition coefficient (Wildman–Crippen LogP) is 1.50. The van der Waals surface area contributed by atoms with Crippen LogP contribution in [0.1, 0.15) is 23.9 Å². The second-order valence-electron chi connectivity index (χ2n) is 4.28. The van der Waals surface area contributed by atoms with E-state index in [9.17, 15) is 5.11 Å². The molecule has 1 saturated heterocycles. The minimum absolute atomic E-state index is 0.0230. The molecule has 0 unspecified atom stereocenters. The van der Waals surface area contributed by atoms with E-state index < -0.39 is 0 Å². The first-order chi connectivity index (χ1) is 8.24. The minimum atomic E-state index is -0.321. The lowest BCUT2D eigenvalue weighted by atomic mass is 10.2. The Morgan fingerprint density at radius 3 is 3.06 bits per heavy atom. The van der Waals surface area contributed by atoms with Crippen LogP contribution in [0.15, 0.2) is 15.3 Å². The number of nitrogens with zero attached hydrogens (tertiary/aromatic N) is 2. The first-order valence-electron chi connectivity index (χ1n) is 5.52. The molecule has 1 aliphatic rings. The average Bonchev–Trinajstić information content (AvgIpc) is 2.97. The summed E-state index contributed by atoms with van der Waals surface area (Å²) >= 11 is 1.63. The highest BCUT2D eigenvalue weighted by Gasteiger charge is 2.28. The van der Waals surface area contributed by atoms with Gasteiger partial charge in [-0.15, -0.1) is 0 Å². The van der Waals surface area contributed by atoms with Gasteiger partial charge < -0.3 is 14.9 Å². The molecule has 0 spiro atoms. The molecule has 2 N–H and O–H groups in total. The number of hydrogen-bond acceptors (Lipinski definition) is 6. The van der Waals surface area contributed by atoms with Crippen molar-refractivity contribution in [3.8, 4) is 11.4 Å². The van der Waals surface area contributed by atoms with Gasteiger partial charge >= 0.3 is 0 Å². The first-order valence-corrected chi connectivity index (χ1v) is 6.46. The number of nitrogens with one attached hydrogen (secondary N) is 1. The summed E-state index contributed by atoms with van der Waals surface area (Å²) in [4.78, 5) is 4.39. The number of aliphatic hydroxyl groups is 1. The Morgan fingerprint density at radius 1 is 1.53 bits per heavy atom. The van der Waals surface area contributed by atoms with Gasteiger partial charge in [0.1, 0.15) is 0 Å². The molecule has 2 aromatic rings. The standard InChI is InChI=1S/C11H13N3O2S/c1-6-4-17-5-8(6)10-13-11(16-14-10)9-2-7(15)3-12-9/h4-5,7,9,12,15H,2-3H2,1H3/t7-,9+/m1/s1. The van der Waals surface area contributed by atoms with Crippen molar-refractivity contribution < 1.29 is 9.63 Å². The third-order valence-corrected chi connectivity index (χ3v) is 3.81. The molecule has 1 aliphatic heterocycles. The second kappa shape index (κ2) is 4.21. The van der Waals surface area contributed by atoms with Crippen LogP contribution in [0.2, 0.25) is 0 Å². The van der Waals surface area contributed by atoms with Crippen LogP contribution in [0.5, 0.6) is 0 Å². The van der Waals surface area contributed by atoms with Crippen molar-refractivity contribution in [1.29, 1.82) is 0 Å². The molecule has 0 aromatic carbocycles. The molecule has 90 valence electrons. The van der Waals surface area contributed by atoms with Crippen LogP contribution in [0.4, 0.5) is 0 Å². The molecule has 17 heavy (non-hydrogen) atoms. The maximum Gasteiger partial charge on any atom is 0.244 e. The van der Waals surface area contributed by atoms with E-state index in [2.05, 4.69) is 20.8 Å². The molecule has 0 bridgehead atoms. The fourth-order valence-electron chi connectivity index (χ4n) is 1.98. The Bertz CT molecular complexity index is 522. The molecule has 2 aromatic heterocycles. The maximum atomic E-state index is 9.45. The van der Waals surface area contributed by atoms with Crippen LogP contribution in [0.3, 0.4) is 0 Å².